The van der Waals surface area contributed by atoms with Crippen molar-refractivity contribution < 1.29 is 41.9 Å². The average Bonchev–Trinajstić information content (AvgIpc) is 3.24. The smallest absolute Gasteiger partial charge is 0.424 e. The van der Waals surface area contributed by atoms with E-state index < -0.39 is 57.8 Å². The number of nitrogens with zero attached hydrogens (tertiary/aromatic N) is 1. The Morgan fingerprint density at radius 2 is 1.10 bits per heavy atom. The lowest BCUT2D eigenvalue weighted by Crippen LogP contribution is -2.57. The first kappa shape index (κ1) is 45.8. The number of amides is 3. The number of alkyl carbamates (subject to hydrolysis) is 1. The molecule has 0 aliphatic carbocycles. The summed E-state index contributed by atoms with van der Waals surface area (Å²) < 4.78 is 40.1. The van der Waals surface area contributed by atoms with Gasteiger partial charge in [-0.15, -0.1) is 0 Å². The highest BCUT2D eigenvalue weighted by Crippen LogP contribution is 2.24. The van der Waals surface area contributed by atoms with Crippen molar-refractivity contribution in [2.75, 3.05) is 13.1 Å². The van der Waals surface area contributed by atoms with Gasteiger partial charge in [-0.3, -0.25) is 14.4 Å². The zero-order valence-electron chi connectivity index (χ0n) is 33.2. The third-order valence-corrected chi connectivity index (χ3v) is 11.2. The predicted molar refractivity (Wildman–Crippen MR) is 222 cm³/mol. The summed E-state index contributed by atoms with van der Waals surface area (Å²) in [5.74, 6) is -3.08. The van der Waals surface area contributed by atoms with Crippen molar-refractivity contribution in [1.29, 1.82) is 0 Å². The Labute approximate surface area is 345 Å². The highest BCUT2D eigenvalue weighted by atomic mass is 32.2. The Balaban J connectivity index is 1.69. The summed E-state index contributed by atoms with van der Waals surface area (Å²) in [5, 5.41) is 5.13. The summed E-state index contributed by atoms with van der Waals surface area (Å²) >= 11 is 0. The molecule has 6 N–H and O–H groups in total. The number of sulfonamides is 1. The highest BCUT2D eigenvalue weighted by molar-refractivity contribution is 7.89. The lowest BCUT2D eigenvalue weighted by atomic mass is 9.94. The van der Waals surface area contributed by atoms with E-state index in [1.807, 2.05) is 6.07 Å². The minimum absolute atomic E-state index is 0.0474. The number of carbonyl (C=O) groups excluding carboxylic acids is 5. The molecular formula is C44H53N5O9S. The molecule has 0 bridgehead atoms. The largest absolute Gasteiger partial charge is 0.445 e. The maximum absolute atomic E-state index is 14.6. The number of hydrogen-bond acceptors (Lipinski definition) is 11. The van der Waals surface area contributed by atoms with Crippen LogP contribution in [0.5, 0.6) is 0 Å². The lowest BCUT2D eigenvalue weighted by molar-refractivity contribution is -0.140. The molecule has 4 aromatic rings. The van der Waals surface area contributed by atoms with Gasteiger partial charge < -0.3 is 31.6 Å². The quantitative estimate of drug-likeness (QED) is 0.0569. The van der Waals surface area contributed by atoms with Crippen LogP contribution in [0.15, 0.2) is 120 Å². The first-order valence-electron chi connectivity index (χ1n) is 19.6. The number of nitrogens with one attached hydrogen (secondary N) is 2. The van der Waals surface area contributed by atoms with Crippen LogP contribution in [0.3, 0.4) is 0 Å². The van der Waals surface area contributed by atoms with Gasteiger partial charge in [-0.1, -0.05) is 109 Å². The van der Waals surface area contributed by atoms with Crippen LogP contribution in [0.25, 0.3) is 0 Å². The number of nitrogens with two attached hydrogens (primary N) is 2. The molecule has 0 unspecified atom stereocenters. The SMILES string of the molecule is Cc1ccc(S(=O)(=O)N(C(=O)OCc2ccccc2)[C@H](CCCCN)C(=O)N[C@@H](Cc2ccccc2)C(=O)C(=O)[C@H](CCCCN)NC(=O)OCc2ccccc2)cc1. The van der Waals surface area contributed by atoms with E-state index in [0.717, 1.165) is 5.56 Å². The van der Waals surface area contributed by atoms with E-state index in [2.05, 4.69) is 10.6 Å². The number of rotatable bonds is 23. The van der Waals surface area contributed by atoms with Crippen molar-refractivity contribution in [2.24, 2.45) is 11.5 Å². The van der Waals surface area contributed by atoms with E-state index in [1.165, 1.54) is 12.1 Å². The van der Waals surface area contributed by atoms with Gasteiger partial charge in [0.1, 0.15) is 19.3 Å². The van der Waals surface area contributed by atoms with Crippen LogP contribution in [0, 0.1) is 6.92 Å². The lowest BCUT2D eigenvalue weighted by Gasteiger charge is -2.31. The molecule has 3 atom stereocenters. The van der Waals surface area contributed by atoms with Gasteiger partial charge in [0.2, 0.25) is 17.5 Å². The van der Waals surface area contributed by atoms with Crippen LogP contribution in [0.2, 0.25) is 0 Å². The van der Waals surface area contributed by atoms with E-state index in [1.54, 1.807) is 104 Å². The predicted octanol–water partition coefficient (Wildman–Crippen LogP) is 5.11. The zero-order chi connectivity index (χ0) is 42.6. The van der Waals surface area contributed by atoms with E-state index in [9.17, 15) is 32.4 Å². The van der Waals surface area contributed by atoms with Crippen molar-refractivity contribution in [2.45, 2.75) is 88.1 Å². The summed E-state index contributed by atoms with van der Waals surface area (Å²) in [5.41, 5.74) is 14.1. The molecule has 0 spiro atoms. The van der Waals surface area contributed by atoms with E-state index in [4.69, 9.17) is 20.9 Å². The molecule has 0 saturated heterocycles. The molecule has 14 nitrogen and oxygen atoms in total. The third kappa shape index (κ3) is 14.2. The molecule has 314 valence electrons. The van der Waals surface area contributed by atoms with Gasteiger partial charge in [0, 0.05) is 6.42 Å². The van der Waals surface area contributed by atoms with Crippen molar-refractivity contribution >= 4 is 39.7 Å². The molecule has 3 amide bonds. The number of benzene rings is 4. The number of aryl methyl sites for hydroxylation is 1. The fourth-order valence-corrected chi connectivity index (χ4v) is 7.67. The fourth-order valence-electron chi connectivity index (χ4n) is 6.18. The van der Waals surface area contributed by atoms with Crippen molar-refractivity contribution in [1.82, 2.24) is 14.9 Å². The Morgan fingerprint density at radius 3 is 1.64 bits per heavy atom. The molecular weight excluding hydrogens is 775 g/mol. The normalized spacial score (nSPS) is 12.7. The molecule has 0 radical (unpaired) electrons. The van der Waals surface area contributed by atoms with Crippen molar-refractivity contribution in [3.8, 4) is 0 Å². The van der Waals surface area contributed by atoms with Gasteiger partial charge in [-0.05, 0) is 87.4 Å². The molecule has 59 heavy (non-hydrogen) atoms. The van der Waals surface area contributed by atoms with Crippen LogP contribution >= 0.6 is 0 Å². The molecule has 0 saturated carbocycles. The van der Waals surface area contributed by atoms with Gasteiger partial charge in [0.25, 0.3) is 10.0 Å². The monoisotopic (exact) mass is 827 g/mol. The van der Waals surface area contributed by atoms with Crippen molar-refractivity contribution in [3.63, 3.8) is 0 Å². The zero-order valence-corrected chi connectivity index (χ0v) is 34.0. The Hall–Kier alpha value is -5.90. The number of unbranched alkanes of at least 4 members (excludes halogenated alkanes) is 2. The average molecular weight is 828 g/mol. The van der Waals surface area contributed by atoms with Gasteiger partial charge >= 0.3 is 12.2 Å². The van der Waals surface area contributed by atoms with E-state index in [-0.39, 0.29) is 50.3 Å². The van der Waals surface area contributed by atoms with Gasteiger partial charge in [0.05, 0.1) is 17.0 Å². The molecule has 0 heterocycles. The van der Waals surface area contributed by atoms with Crippen molar-refractivity contribution in [3.05, 3.63) is 138 Å². The summed E-state index contributed by atoms with van der Waals surface area (Å²) in [4.78, 5) is 69.6. The first-order valence-corrected chi connectivity index (χ1v) is 21.0. The maximum Gasteiger partial charge on any atom is 0.424 e. The molecule has 4 aromatic carbocycles. The van der Waals surface area contributed by atoms with Crippen LogP contribution in [0.1, 0.15) is 60.8 Å². The van der Waals surface area contributed by atoms with Gasteiger partial charge in [-0.25, -0.2) is 18.0 Å². The molecule has 0 aliphatic heterocycles. The van der Waals surface area contributed by atoms with E-state index >= 15 is 0 Å². The number of Topliss-reactive ketones (excluding diaryl/α,β-unsaturated/α-hetero) is 2. The third-order valence-electron chi connectivity index (χ3n) is 9.41. The minimum atomic E-state index is -4.76. The van der Waals surface area contributed by atoms with E-state index in [0.29, 0.717) is 46.8 Å². The summed E-state index contributed by atoms with van der Waals surface area (Å²) in [6.07, 6.45) is -1.09. The Morgan fingerprint density at radius 1 is 0.610 bits per heavy atom. The standard InChI is InChI=1S/C44H53N5O9S/c1-32-23-25-36(26-24-32)59(55,56)49(44(54)58-31-35-19-9-4-10-20-35)39(22-12-14-28-46)42(52)47-38(29-33-15-5-2-6-16-33)41(51)40(50)37(21-11-13-27-45)48-43(53)57-30-34-17-7-3-8-18-34/h2-10,15-20,23-26,37-39H,11-14,21-22,27-31,45-46H2,1H3,(H,47,52)(H,48,53)/t37-,38-,39+/m0/s1. The van der Waals surface area contributed by atoms with Crippen LogP contribution in [-0.2, 0) is 53.5 Å². The molecule has 0 aromatic heterocycles. The van der Waals surface area contributed by atoms with Gasteiger partial charge in [-0.2, -0.15) is 4.31 Å². The van der Waals surface area contributed by atoms with Crippen LogP contribution in [-0.4, -0.2) is 73.6 Å². The molecule has 4 rings (SSSR count). The number of ketones is 2. The summed E-state index contributed by atoms with van der Waals surface area (Å²) in [7, 11) is -4.76. The van der Waals surface area contributed by atoms with Crippen LogP contribution < -0.4 is 22.1 Å². The molecule has 0 fully saturated rings. The second-order valence-corrected chi connectivity index (χ2v) is 15.8. The summed E-state index contributed by atoms with van der Waals surface area (Å²) in [6, 6.07) is 27.2. The topological polar surface area (TPSA) is 217 Å². The molecule has 0 aliphatic rings. The second-order valence-electron chi connectivity index (χ2n) is 14.0. The number of hydrogen-bond donors (Lipinski definition) is 4. The van der Waals surface area contributed by atoms with Gasteiger partial charge in [0.15, 0.2) is 0 Å². The second kappa shape index (κ2) is 23.5. The maximum atomic E-state index is 14.6. The summed E-state index contributed by atoms with van der Waals surface area (Å²) in [6.45, 7) is 1.91. The number of carbonyl (C=O) groups is 5. The Kier molecular flexibility index (Phi) is 18.2. The molecule has 15 heteroatoms. The fraction of sp³-hybridized carbons (Fsp3) is 0.341. The van der Waals surface area contributed by atoms with Crippen LogP contribution in [0.4, 0.5) is 9.59 Å². The minimum Gasteiger partial charge on any atom is -0.445 e. The highest BCUT2D eigenvalue weighted by Gasteiger charge is 2.42. The Bertz CT molecular complexity index is 2070. The number of ether oxygens (including phenoxy) is 2. The first-order chi connectivity index (χ1) is 28.4.